The van der Waals surface area contributed by atoms with Crippen molar-refractivity contribution in [3.63, 3.8) is 0 Å². The molecule has 2 aromatic carbocycles. The first kappa shape index (κ1) is 11.1. The first-order valence-electron chi connectivity index (χ1n) is 5.60. The number of nitrogens with zero attached hydrogens (tertiary/aromatic N) is 1. The monoisotopic (exact) mass is 258 g/mol. The Hall–Kier alpha value is -2.00. The van der Waals surface area contributed by atoms with Crippen LogP contribution in [0, 0.1) is 0 Å². The van der Waals surface area contributed by atoms with Gasteiger partial charge in [0, 0.05) is 29.4 Å². The summed E-state index contributed by atoms with van der Waals surface area (Å²) in [6.07, 6.45) is 0. The average molecular weight is 259 g/mol. The van der Waals surface area contributed by atoms with Crippen molar-refractivity contribution in [2.24, 2.45) is 0 Å². The van der Waals surface area contributed by atoms with Crippen LogP contribution in [-0.4, -0.2) is 12.0 Å². The van der Waals surface area contributed by atoms with E-state index in [-0.39, 0.29) is 0 Å². The van der Waals surface area contributed by atoms with Crippen LogP contribution in [-0.2, 0) is 0 Å². The molecule has 0 aliphatic carbocycles. The minimum absolute atomic E-state index is 0.606. The van der Waals surface area contributed by atoms with E-state index >= 15 is 0 Å². The predicted octanol–water partition coefficient (Wildman–Crippen LogP) is 4.19. The van der Waals surface area contributed by atoms with Gasteiger partial charge in [-0.2, -0.15) is 0 Å². The van der Waals surface area contributed by atoms with Crippen LogP contribution < -0.4 is 5.32 Å². The topological polar surface area (TPSA) is 38.1 Å². The number of rotatable bonds is 2. The highest BCUT2D eigenvalue weighted by Crippen LogP contribution is 2.26. The van der Waals surface area contributed by atoms with Gasteiger partial charge in [-0.3, -0.25) is 0 Å². The molecule has 0 saturated heterocycles. The summed E-state index contributed by atoms with van der Waals surface area (Å²) in [5.41, 5.74) is 3.52. The molecule has 1 N–H and O–H groups in total. The molecule has 1 heterocycles. The van der Waals surface area contributed by atoms with Crippen molar-refractivity contribution in [2.75, 3.05) is 12.4 Å². The van der Waals surface area contributed by atoms with E-state index in [9.17, 15) is 0 Å². The van der Waals surface area contributed by atoms with Crippen LogP contribution in [0.25, 0.3) is 22.6 Å². The summed E-state index contributed by atoms with van der Waals surface area (Å²) in [5.74, 6) is 0.606. The van der Waals surface area contributed by atoms with Gasteiger partial charge in [0.05, 0.1) is 0 Å². The number of hydrogen-bond acceptors (Lipinski definition) is 3. The van der Waals surface area contributed by atoms with Crippen LogP contribution in [0.15, 0.2) is 46.9 Å². The van der Waals surface area contributed by atoms with Gasteiger partial charge in [-0.15, -0.1) is 0 Å². The third-order valence-corrected chi connectivity index (χ3v) is 3.01. The SMILES string of the molecule is CNc1ccc(-c2nc3ccc(Cl)cc3o2)cc1. The van der Waals surface area contributed by atoms with Crippen LogP contribution >= 0.6 is 11.6 Å². The van der Waals surface area contributed by atoms with E-state index in [4.69, 9.17) is 16.0 Å². The van der Waals surface area contributed by atoms with Crippen LogP contribution in [0.5, 0.6) is 0 Å². The highest BCUT2D eigenvalue weighted by Gasteiger charge is 2.08. The molecule has 3 aromatic rings. The lowest BCUT2D eigenvalue weighted by Gasteiger charge is -1.99. The summed E-state index contributed by atoms with van der Waals surface area (Å²) >= 11 is 5.92. The van der Waals surface area contributed by atoms with Gasteiger partial charge >= 0.3 is 0 Å². The van der Waals surface area contributed by atoms with Crippen LogP contribution in [0.1, 0.15) is 0 Å². The van der Waals surface area contributed by atoms with Crippen molar-refractivity contribution in [1.29, 1.82) is 0 Å². The Morgan fingerprint density at radius 3 is 2.61 bits per heavy atom. The van der Waals surface area contributed by atoms with Gasteiger partial charge in [0.2, 0.25) is 5.89 Å². The fraction of sp³-hybridized carbons (Fsp3) is 0.0714. The number of benzene rings is 2. The highest BCUT2D eigenvalue weighted by molar-refractivity contribution is 6.31. The zero-order valence-corrected chi connectivity index (χ0v) is 10.5. The summed E-state index contributed by atoms with van der Waals surface area (Å²) in [5, 5.41) is 3.72. The Kier molecular flexibility index (Phi) is 2.68. The van der Waals surface area contributed by atoms with E-state index in [1.807, 2.05) is 37.4 Å². The Bertz CT molecular complexity index is 689. The number of anilines is 1. The van der Waals surface area contributed by atoms with Gasteiger partial charge in [-0.25, -0.2) is 4.98 Å². The van der Waals surface area contributed by atoms with Crippen molar-refractivity contribution in [1.82, 2.24) is 4.98 Å². The molecule has 0 saturated carbocycles. The van der Waals surface area contributed by atoms with E-state index in [0.717, 1.165) is 16.8 Å². The normalized spacial score (nSPS) is 10.8. The molecule has 0 atom stereocenters. The number of aromatic nitrogens is 1. The summed E-state index contributed by atoms with van der Waals surface area (Å²) < 4.78 is 5.69. The van der Waals surface area contributed by atoms with Crippen LogP contribution in [0.2, 0.25) is 5.02 Å². The van der Waals surface area contributed by atoms with Crippen LogP contribution in [0.4, 0.5) is 5.69 Å². The first-order chi connectivity index (χ1) is 8.76. The number of halogens is 1. The molecule has 90 valence electrons. The Morgan fingerprint density at radius 2 is 1.89 bits per heavy atom. The Balaban J connectivity index is 2.07. The number of oxazole rings is 1. The Morgan fingerprint density at radius 1 is 1.11 bits per heavy atom. The van der Waals surface area contributed by atoms with Gasteiger partial charge in [-0.05, 0) is 36.4 Å². The summed E-state index contributed by atoms with van der Waals surface area (Å²) in [6.45, 7) is 0. The maximum atomic E-state index is 5.92. The standard InChI is InChI=1S/C14H11ClN2O/c1-16-11-5-2-9(3-6-11)14-17-12-7-4-10(15)8-13(12)18-14/h2-8,16H,1H3. The van der Waals surface area contributed by atoms with Crippen molar-refractivity contribution in [3.8, 4) is 11.5 Å². The van der Waals surface area contributed by atoms with Crippen molar-refractivity contribution >= 4 is 28.4 Å². The third-order valence-electron chi connectivity index (χ3n) is 2.77. The lowest BCUT2D eigenvalue weighted by molar-refractivity contribution is 0.620. The number of hydrogen-bond donors (Lipinski definition) is 1. The minimum Gasteiger partial charge on any atom is -0.436 e. The average Bonchev–Trinajstić information content (AvgIpc) is 2.81. The molecule has 0 spiro atoms. The first-order valence-corrected chi connectivity index (χ1v) is 5.98. The Labute approximate surface area is 109 Å². The van der Waals surface area contributed by atoms with E-state index in [0.29, 0.717) is 16.5 Å². The molecule has 1 aromatic heterocycles. The van der Waals surface area contributed by atoms with Gasteiger partial charge in [0.15, 0.2) is 5.58 Å². The van der Waals surface area contributed by atoms with Crippen molar-refractivity contribution in [2.45, 2.75) is 0 Å². The molecule has 0 fully saturated rings. The largest absolute Gasteiger partial charge is 0.436 e. The third kappa shape index (κ3) is 1.93. The highest BCUT2D eigenvalue weighted by atomic mass is 35.5. The van der Waals surface area contributed by atoms with Crippen LogP contribution in [0.3, 0.4) is 0 Å². The molecule has 3 rings (SSSR count). The minimum atomic E-state index is 0.606. The second-order valence-electron chi connectivity index (χ2n) is 3.96. The molecule has 0 amide bonds. The van der Waals surface area contributed by atoms with Crippen molar-refractivity contribution < 1.29 is 4.42 Å². The van der Waals surface area contributed by atoms with E-state index in [1.54, 1.807) is 12.1 Å². The molecular formula is C14H11ClN2O. The molecule has 0 unspecified atom stereocenters. The van der Waals surface area contributed by atoms with E-state index in [1.165, 1.54) is 0 Å². The fourth-order valence-electron chi connectivity index (χ4n) is 1.80. The predicted molar refractivity (Wildman–Crippen MR) is 74.0 cm³/mol. The van der Waals surface area contributed by atoms with E-state index < -0.39 is 0 Å². The zero-order valence-electron chi connectivity index (χ0n) is 9.77. The number of nitrogens with one attached hydrogen (secondary N) is 1. The smallest absolute Gasteiger partial charge is 0.227 e. The molecule has 0 bridgehead atoms. The van der Waals surface area contributed by atoms with Gasteiger partial charge < -0.3 is 9.73 Å². The second-order valence-corrected chi connectivity index (χ2v) is 4.39. The maximum Gasteiger partial charge on any atom is 0.227 e. The molecular weight excluding hydrogens is 248 g/mol. The number of fused-ring (bicyclic) bond motifs is 1. The fourth-order valence-corrected chi connectivity index (χ4v) is 1.96. The van der Waals surface area contributed by atoms with Gasteiger partial charge in [0.25, 0.3) is 0 Å². The summed E-state index contributed by atoms with van der Waals surface area (Å²) in [4.78, 5) is 4.43. The maximum absolute atomic E-state index is 5.92. The second kappa shape index (κ2) is 4.35. The zero-order chi connectivity index (χ0) is 12.5. The van der Waals surface area contributed by atoms with Crippen molar-refractivity contribution in [3.05, 3.63) is 47.5 Å². The van der Waals surface area contributed by atoms with Gasteiger partial charge in [-0.1, -0.05) is 11.6 Å². The summed E-state index contributed by atoms with van der Waals surface area (Å²) in [6, 6.07) is 13.3. The summed E-state index contributed by atoms with van der Waals surface area (Å²) in [7, 11) is 1.89. The molecule has 18 heavy (non-hydrogen) atoms. The lowest BCUT2D eigenvalue weighted by Crippen LogP contribution is -1.86. The molecule has 0 aliphatic heterocycles. The van der Waals surface area contributed by atoms with Gasteiger partial charge in [0.1, 0.15) is 5.52 Å². The molecule has 3 nitrogen and oxygen atoms in total. The van der Waals surface area contributed by atoms with E-state index in [2.05, 4.69) is 10.3 Å². The molecule has 0 aliphatic rings. The molecule has 0 radical (unpaired) electrons. The lowest BCUT2D eigenvalue weighted by atomic mass is 10.2. The molecule has 4 heteroatoms. The quantitative estimate of drug-likeness (QED) is 0.749.